The van der Waals surface area contributed by atoms with E-state index in [2.05, 4.69) is 10.3 Å². The highest BCUT2D eigenvalue weighted by atomic mass is 35.5. The zero-order valence-corrected chi connectivity index (χ0v) is 12.4. The molecule has 0 radical (unpaired) electrons. The van der Waals surface area contributed by atoms with Crippen LogP contribution in [0.15, 0.2) is 24.3 Å². The van der Waals surface area contributed by atoms with Crippen LogP contribution in [0.4, 0.5) is 0 Å². The molecule has 2 aromatic rings. The maximum Gasteiger partial charge on any atom is 0.267 e. The average molecular weight is 306 g/mol. The second-order valence-electron chi connectivity index (χ2n) is 5.39. The summed E-state index contributed by atoms with van der Waals surface area (Å²) < 4.78 is 0. The van der Waals surface area contributed by atoms with Crippen molar-refractivity contribution in [3.8, 4) is 0 Å². The van der Waals surface area contributed by atoms with Crippen molar-refractivity contribution in [1.82, 2.24) is 15.2 Å². The number of aromatic amines is 1. The molecule has 3 rings (SSSR count). The third-order valence-corrected chi connectivity index (χ3v) is 4.06. The number of carbonyl (C=O) groups excluding carboxylic acids is 2. The number of amides is 2. The van der Waals surface area contributed by atoms with Gasteiger partial charge in [0.2, 0.25) is 5.91 Å². The van der Waals surface area contributed by atoms with Gasteiger partial charge in [0.25, 0.3) is 5.91 Å². The van der Waals surface area contributed by atoms with Crippen LogP contribution in [0.1, 0.15) is 23.3 Å². The molecular formula is C15H16ClN3O2. The SMILES string of the molecule is CN1CCC(NC(=O)c2cc3cc(Cl)ccc3[nH]2)CC1=O. The Balaban J connectivity index is 1.73. The van der Waals surface area contributed by atoms with E-state index < -0.39 is 0 Å². The molecule has 2 amide bonds. The molecule has 0 aliphatic carbocycles. The molecule has 1 atom stereocenters. The number of hydrogen-bond donors (Lipinski definition) is 2. The van der Waals surface area contributed by atoms with Gasteiger partial charge in [-0.2, -0.15) is 0 Å². The number of H-pyrrole nitrogens is 1. The molecule has 1 fully saturated rings. The number of nitrogens with one attached hydrogen (secondary N) is 2. The summed E-state index contributed by atoms with van der Waals surface area (Å²) in [5.74, 6) is -0.125. The van der Waals surface area contributed by atoms with Crippen LogP contribution < -0.4 is 5.32 Å². The van der Waals surface area contributed by atoms with Gasteiger partial charge in [0.15, 0.2) is 0 Å². The lowest BCUT2D eigenvalue weighted by Gasteiger charge is -2.29. The van der Waals surface area contributed by atoms with Crippen LogP contribution in [-0.4, -0.2) is 41.3 Å². The minimum Gasteiger partial charge on any atom is -0.351 e. The topological polar surface area (TPSA) is 65.2 Å². The Morgan fingerprint density at radius 3 is 3.00 bits per heavy atom. The molecule has 1 aliphatic rings. The van der Waals surface area contributed by atoms with Crippen LogP contribution in [0.3, 0.4) is 0 Å². The van der Waals surface area contributed by atoms with Crippen molar-refractivity contribution < 1.29 is 9.59 Å². The van der Waals surface area contributed by atoms with Crippen LogP contribution in [0.25, 0.3) is 10.9 Å². The van der Waals surface area contributed by atoms with Gasteiger partial charge in [0, 0.05) is 42.0 Å². The summed E-state index contributed by atoms with van der Waals surface area (Å²) in [7, 11) is 1.78. The fourth-order valence-electron chi connectivity index (χ4n) is 2.56. The van der Waals surface area contributed by atoms with Gasteiger partial charge in [-0.25, -0.2) is 0 Å². The number of nitrogens with zero attached hydrogens (tertiary/aromatic N) is 1. The molecule has 1 unspecified atom stereocenters. The van der Waals surface area contributed by atoms with Crippen molar-refractivity contribution >= 4 is 34.3 Å². The molecule has 5 nitrogen and oxygen atoms in total. The molecule has 110 valence electrons. The first kappa shape index (κ1) is 13.9. The zero-order chi connectivity index (χ0) is 15.0. The number of aromatic nitrogens is 1. The molecule has 1 aromatic heterocycles. The van der Waals surface area contributed by atoms with Crippen LogP contribution >= 0.6 is 11.6 Å². The monoisotopic (exact) mass is 305 g/mol. The molecule has 1 aliphatic heterocycles. The number of benzene rings is 1. The van der Waals surface area contributed by atoms with Gasteiger partial charge in [-0.1, -0.05) is 11.6 Å². The van der Waals surface area contributed by atoms with Gasteiger partial charge in [0.05, 0.1) is 0 Å². The number of hydrogen-bond acceptors (Lipinski definition) is 2. The summed E-state index contributed by atoms with van der Waals surface area (Å²) in [5, 5.41) is 4.44. The fourth-order valence-corrected chi connectivity index (χ4v) is 2.74. The first-order valence-electron chi connectivity index (χ1n) is 6.86. The Morgan fingerprint density at radius 2 is 2.24 bits per heavy atom. The van der Waals surface area contributed by atoms with E-state index >= 15 is 0 Å². The second kappa shape index (κ2) is 5.41. The average Bonchev–Trinajstić information content (AvgIpc) is 2.86. The molecule has 0 saturated carbocycles. The van der Waals surface area contributed by atoms with E-state index in [0.29, 0.717) is 23.7 Å². The summed E-state index contributed by atoms with van der Waals surface area (Å²) in [5.41, 5.74) is 1.35. The Morgan fingerprint density at radius 1 is 1.43 bits per heavy atom. The van der Waals surface area contributed by atoms with E-state index in [1.165, 1.54) is 0 Å². The third-order valence-electron chi connectivity index (χ3n) is 3.82. The highest BCUT2D eigenvalue weighted by molar-refractivity contribution is 6.31. The van der Waals surface area contributed by atoms with E-state index in [1.807, 2.05) is 12.1 Å². The van der Waals surface area contributed by atoms with E-state index in [-0.39, 0.29) is 17.9 Å². The maximum atomic E-state index is 12.3. The van der Waals surface area contributed by atoms with Crippen molar-refractivity contribution in [3.05, 3.63) is 35.0 Å². The van der Waals surface area contributed by atoms with Gasteiger partial charge in [-0.15, -0.1) is 0 Å². The highest BCUT2D eigenvalue weighted by Gasteiger charge is 2.25. The summed E-state index contributed by atoms with van der Waals surface area (Å²) in [6.07, 6.45) is 1.13. The van der Waals surface area contributed by atoms with E-state index in [0.717, 1.165) is 17.3 Å². The number of likely N-dealkylation sites (tertiary alicyclic amines) is 1. The summed E-state index contributed by atoms with van der Waals surface area (Å²) in [6, 6.07) is 7.10. The van der Waals surface area contributed by atoms with Crippen molar-refractivity contribution in [2.75, 3.05) is 13.6 Å². The molecule has 0 bridgehead atoms. The Hall–Kier alpha value is -2.01. The molecule has 0 spiro atoms. The summed E-state index contributed by atoms with van der Waals surface area (Å²) >= 11 is 5.94. The van der Waals surface area contributed by atoms with Crippen molar-refractivity contribution in [1.29, 1.82) is 0 Å². The zero-order valence-electron chi connectivity index (χ0n) is 11.6. The van der Waals surface area contributed by atoms with Gasteiger partial charge >= 0.3 is 0 Å². The first-order valence-corrected chi connectivity index (χ1v) is 7.24. The lowest BCUT2D eigenvalue weighted by atomic mass is 10.0. The molecule has 2 N–H and O–H groups in total. The van der Waals surface area contributed by atoms with Gasteiger partial charge in [-0.05, 0) is 30.7 Å². The van der Waals surface area contributed by atoms with E-state index in [1.54, 1.807) is 24.1 Å². The molecule has 1 aromatic carbocycles. The summed E-state index contributed by atoms with van der Waals surface area (Å²) in [6.45, 7) is 0.673. The number of halogens is 1. The van der Waals surface area contributed by atoms with E-state index in [4.69, 9.17) is 11.6 Å². The molecule has 21 heavy (non-hydrogen) atoms. The second-order valence-corrected chi connectivity index (χ2v) is 5.83. The summed E-state index contributed by atoms with van der Waals surface area (Å²) in [4.78, 5) is 28.7. The Bertz CT molecular complexity index is 710. The maximum absolute atomic E-state index is 12.3. The van der Waals surface area contributed by atoms with Crippen LogP contribution in [0, 0.1) is 0 Å². The van der Waals surface area contributed by atoms with Crippen LogP contribution in [-0.2, 0) is 4.79 Å². The van der Waals surface area contributed by atoms with Crippen LogP contribution in [0.2, 0.25) is 5.02 Å². The predicted molar refractivity (Wildman–Crippen MR) is 81.4 cm³/mol. The molecule has 2 heterocycles. The number of piperidine rings is 1. The minimum absolute atomic E-state index is 0.0648. The van der Waals surface area contributed by atoms with Gasteiger partial charge in [-0.3, -0.25) is 9.59 Å². The van der Waals surface area contributed by atoms with Crippen molar-refractivity contribution in [3.63, 3.8) is 0 Å². The van der Waals surface area contributed by atoms with E-state index in [9.17, 15) is 9.59 Å². The smallest absolute Gasteiger partial charge is 0.267 e. The van der Waals surface area contributed by atoms with Crippen LogP contribution in [0.5, 0.6) is 0 Å². The Kier molecular flexibility index (Phi) is 3.59. The normalized spacial score (nSPS) is 19.0. The van der Waals surface area contributed by atoms with Gasteiger partial charge in [0.1, 0.15) is 5.69 Å². The minimum atomic E-state index is -0.190. The van der Waals surface area contributed by atoms with Crippen molar-refractivity contribution in [2.24, 2.45) is 0 Å². The first-order chi connectivity index (χ1) is 10.0. The predicted octanol–water partition coefficient (Wildman–Crippen LogP) is 2.17. The Labute approximate surface area is 127 Å². The number of carbonyl (C=O) groups is 2. The number of rotatable bonds is 2. The quantitative estimate of drug-likeness (QED) is 0.893. The fraction of sp³-hybridized carbons (Fsp3) is 0.333. The molecule has 1 saturated heterocycles. The highest BCUT2D eigenvalue weighted by Crippen LogP contribution is 2.20. The van der Waals surface area contributed by atoms with Gasteiger partial charge < -0.3 is 15.2 Å². The van der Waals surface area contributed by atoms with Crippen molar-refractivity contribution in [2.45, 2.75) is 18.9 Å². The number of fused-ring (bicyclic) bond motifs is 1. The standard InChI is InChI=1S/C15H16ClN3O2/c1-19-5-4-11(8-14(19)20)17-15(21)13-7-9-6-10(16)2-3-12(9)18-13/h2-3,6-7,11,18H,4-5,8H2,1H3,(H,17,21). The third kappa shape index (κ3) is 2.88. The largest absolute Gasteiger partial charge is 0.351 e. The lowest BCUT2D eigenvalue weighted by Crippen LogP contribution is -2.46. The lowest BCUT2D eigenvalue weighted by molar-refractivity contribution is -0.132. The molecule has 6 heteroatoms. The molecular weight excluding hydrogens is 290 g/mol.